The van der Waals surface area contributed by atoms with Crippen LogP contribution < -0.4 is 5.73 Å². The fourth-order valence-corrected chi connectivity index (χ4v) is 1.85. The first kappa shape index (κ1) is 11.4. The van der Waals surface area contributed by atoms with Gasteiger partial charge in [0.15, 0.2) is 5.58 Å². The van der Waals surface area contributed by atoms with E-state index in [1.807, 2.05) is 6.07 Å². The fourth-order valence-electron chi connectivity index (χ4n) is 1.69. The molecule has 0 radical (unpaired) electrons. The van der Waals surface area contributed by atoms with Gasteiger partial charge in [0, 0.05) is 5.02 Å². The summed E-state index contributed by atoms with van der Waals surface area (Å²) in [5.41, 5.74) is 7.51. The molecule has 3 nitrogen and oxygen atoms in total. The molecule has 0 saturated carbocycles. The van der Waals surface area contributed by atoms with E-state index in [2.05, 4.69) is 18.8 Å². The summed E-state index contributed by atoms with van der Waals surface area (Å²) in [6, 6.07) is 5.24. The summed E-state index contributed by atoms with van der Waals surface area (Å²) in [5, 5.41) is 0.657. The summed E-state index contributed by atoms with van der Waals surface area (Å²) in [6.45, 7) is 4.25. The van der Waals surface area contributed by atoms with Crippen molar-refractivity contribution in [1.82, 2.24) is 4.98 Å². The smallest absolute Gasteiger partial charge is 0.212 e. The van der Waals surface area contributed by atoms with E-state index in [4.69, 9.17) is 21.8 Å². The molecule has 0 aliphatic rings. The van der Waals surface area contributed by atoms with Gasteiger partial charge in [-0.3, -0.25) is 0 Å². The van der Waals surface area contributed by atoms with E-state index in [0.717, 1.165) is 17.5 Å². The van der Waals surface area contributed by atoms with Crippen LogP contribution in [0, 0.1) is 5.92 Å². The second-order valence-electron chi connectivity index (χ2n) is 4.40. The van der Waals surface area contributed by atoms with Crippen molar-refractivity contribution in [2.75, 3.05) is 0 Å². The van der Waals surface area contributed by atoms with E-state index in [0.29, 0.717) is 16.8 Å². The monoisotopic (exact) mass is 238 g/mol. The highest BCUT2D eigenvalue weighted by atomic mass is 35.5. The molecule has 0 aliphatic heterocycles. The van der Waals surface area contributed by atoms with Gasteiger partial charge in [-0.1, -0.05) is 25.4 Å². The van der Waals surface area contributed by atoms with Gasteiger partial charge in [0.1, 0.15) is 5.52 Å². The van der Waals surface area contributed by atoms with Gasteiger partial charge < -0.3 is 10.2 Å². The Morgan fingerprint density at radius 2 is 2.19 bits per heavy atom. The van der Waals surface area contributed by atoms with Crippen molar-refractivity contribution in [3.8, 4) is 0 Å². The van der Waals surface area contributed by atoms with Crippen LogP contribution in [-0.4, -0.2) is 4.98 Å². The molecule has 1 aromatic heterocycles. The number of hydrogen-bond donors (Lipinski definition) is 1. The normalized spacial score (nSPS) is 13.6. The Hall–Kier alpha value is -1.06. The van der Waals surface area contributed by atoms with Crippen LogP contribution in [0.5, 0.6) is 0 Å². The largest absolute Gasteiger partial charge is 0.439 e. The maximum Gasteiger partial charge on any atom is 0.212 e. The third-order valence-electron chi connectivity index (χ3n) is 2.41. The number of nitrogens with zero attached hydrogens (tertiary/aromatic N) is 1. The van der Waals surface area contributed by atoms with E-state index in [-0.39, 0.29) is 6.04 Å². The third-order valence-corrected chi connectivity index (χ3v) is 2.64. The number of halogens is 1. The lowest BCUT2D eigenvalue weighted by atomic mass is 10.0. The molecule has 0 amide bonds. The van der Waals surface area contributed by atoms with Gasteiger partial charge >= 0.3 is 0 Å². The fraction of sp³-hybridized carbons (Fsp3) is 0.417. The Balaban J connectivity index is 2.32. The Kier molecular flexibility index (Phi) is 3.17. The maximum atomic E-state index is 6.01. The van der Waals surface area contributed by atoms with Gasteiger partial charge in [0.25, 0.3) is 0 Å². The molecular formula is C12H15ClN2O. The first-order valence-electron chi connectivity index (χ1n) is 5.38. The number of aromatic nitrogens is 1. The van der Waals surface area contributed by atoms with Crippen LogP contribution in [0.2, 0.25) is 5.02 Å². The van der Waals surface area contributed by atoms with Crippen LogP contribution in [-0.2, 0) is 0 Å². The summed E-state index contributed by atoms with van der Waals surface area (Å²) in [4.78, 5) is 4.35. The Labute approximate surface area is 99.6 Å². The van der Waals surface area contributed by atoms with Crippen LogP contribution in [0.1, 0.15) is 32.2 Å². The van der Waals surface area contributed by atoms with Gasteiger partial charge in [-0.2, -0.15) is 0 Å². The Morgan fingerprint density at radius 3 is 2.88 bits per heavy atom. The van der Waals surface area contributed by atoms with Crippen LogP contribution in [0.4, 0.5) is 0 Å². The molecule has 0 spiro atoms. The van der Waals surface area contributed by atoms with E-state index in [9.17, 15) is 0 Å². The zero-order valence-corrected chi connectivity index (χ0v) is 10.2. The highest BCUT2D eigenvalue weighted by Crippen LogP contribution is 2.24. The summed E-state index contributed by atoms with van der Waals surface area (Å²) >= 11 is 5.88. The number of rotatable bonds is 3. The molecule has 0 aliphatic carbocycles. The van der Waals surface area contributed by atoms with Crippen molar-refractivity contribution in [2.24, 2.45) is 11.7 Å². The molecule has 2 aromatic rings. The summed E-state index contributed by atoms with van der Waals surface area (Å²) in [7, 11) is 0. The van der Waals surface area contributed by atoms with Crippen molar-refractivity contribution >= 4 is 22.7 Å². The second kappa shape index (κ2) is 4.44. The van der Waals surface area contributed by atoms with Crippen molar-refractivity contribution in [2.45, 2.75) is 26.3 Å². The zero-order chi connectivity index (χ0) is 11.7. The minimum atomic E-state index is -0.147. The van der Waals surface area contributed by atoms with Crippen LogP contribution >= 0.6 is 11.6 Å². The SMILES string of the molecule is CC(C)CC(N)c1nc2cc(Cl)ccc2o1. The Morgan fingerprint density at radius 1 is 1.44 bits per heavy atom. The second-order valence-corrected chi connectivity index (χ2v) is 4.84. The maximum absolute atomic E-state index is 6.01. The number of oxazole rings is 1. The van der Waals surface area contributed by atoms with E-state index in [1.54, 1.807) is 12.1 Å². The van der Waals surface area contributed by atoms with Gasteiger partial charge in [-0.05, 0) is 30.5 Å². The highest BCUT2D eigenvalue weighted by Gasteiger charge is 2.15. The number of benzene rings is 1. The molecule has 2 rings (SSSR count). The predicted molar refractivity (Wildman–Crippen MR) is 65.4 cm³/mol. The van der Waals surface area contributed by atoms with Crippen molar-refractivity contribution < 1.29 is 4.42 Å². The molecule has 0 bridgehead atoms. The molecule has 86 valence electrons. The molecule has 1 aromatic carbocycles. The molecule has 4 heteroatoms. The highest BCUT2D eigenvalue weighted by molar-refractivity contribution is 6.31. The molecular weight excluding hydrogens is 224 g/mol. The number of hydrogen-bond acceptors (Lipinski definition) is 3. The lowest BCUT2D eigenvalue weighted by molar-refractivity contribution is 0.417. The quantitative estimate of drug-likeness (QED) is 0.890. The summed E-state index contributed by atoms with van der Waals surface area (Å²) in [6.07, 6.45) is 0.862. The lowest BCUT2D eigenvalue weighted by Crippen LogP contribution is -2.13. The van der Waals surface area contributed by atoms with Crippen LogP contribution in [0.25, 0.3) is 11.1 Å². The first-order valence-corrected chi connectivity index (χ1v) is 5.75. The van der Waals surface area contributed by atoms with Gasteiger partial charge in [0.05, 0.1) is 6.04 Å². The van der Waals surface area contributed by atoms with E-state index >= 15 is 0 Å². The zero-order valence-electron chi connectivity index (χ0n) is 9.40. The van der Waals surface area contributed by atoms with Crippen molar-refractivity contribution in [3.05, 3.63) is 29.1 Å². The standard InChI is InChI=1S/C12H15ClN2O/c1-7(2)5-9(14)12-15-10-6-8(13)3-4-11(10)16-12/h3-4,6-7,9H,5,14H2,1-2H3. The van der Waals surface area contributed by atoms with Gasteiger partial charge in [-0.15, -0.1) is 0 Å². The van der Waals surface area contributed by atoms with Gasteiger partial charge in [0.2, 0.25) is 5.89 Å². The topological polar surface area (TPSA) is 52.0 Å². The van der Waals surface area contributed by atoms with Crippen molar-refractivity contribution in [3.63, 3.8) is 0 Å². The lowest BCUT2D eigenvalue weighted by Gasteiger charge is -2.09. The molecule has 16 heavy (non-hydrogen) atoms. The average molecular weight is 239 g/mol. The van der Waals surface area contributed by atoms with E-state index in [1.165, 1.54) is 0 Å². The third kappa shape index (κ3) is 2.36. The molecule has 2 N–H and O–H groups in total. The molecule has 0 fully saturated rings. The molecule has 1 heterocycles. The van der Waals surface area contributed by atoms with Crippen molar-refractivity contribution in [1.29, 1.82) is 0 Å². The van der Waals surface area contributed by atoms with Crippen LogP contribution in [0.3, 0.4) is 0 Å². The molecule has 0 saturated heterocycles. The predicted octanol–water partition coefficient (Wildman–Crippen LogP) is 3.53. The summed E-state index contributed by atoms with van der Waals surface area (Å²) in [5.74, 6) is 1.11. The number of nitrogens with two attached hydrogens (primary N) is 1. The average Bonchev–Trinajstić information content (AvgIpc) is 2.59. The van der Waals surface area contributed by atoms with Gasteiger partial charge in [-0.25, -0.2) is 4.98 Å². The number of fused-ring (bicyclic) bond motifs is 1. The van der Waals surface area contributed by atoms with Crippen LogP contribution in [0.15, 0.2) is 22.6 Å². The Bertz CT molecular complexity index is 493. The first-order chi connectivity index (χ1) is 7.56. The minimum absolute atomic E-state index is 0.147. The molecule has 1 unspecified atom stereocenters. The minimum Gasteiger partial charge on any atom is -0.439 e. The molecule has 1 atom stereocenters. The summed E-state index contributed by atoms with van der Waals surface area (Å²) < 4.78 is 5.59. The van der Waals surface area contributed by atoms with E-state index < -0.39 is 0 Å².